The smallest absolute Gasteiger partial charge is 0.0590 e. The quantitative estimate of drug-likeness (QED) is 0.759. The fourth-order valence-electron chi connectivity index (χ4n) is 2.83. The summed E-state index contributed by atoms with van der Waals surface area (Å²) in [5.41, 5.74) is 6.31. The molecule has 0 aromatic carbocycles. The zero-order valence-corrected chi connectivity index (χ0v) is 12.6. The van der Waals surface area contributed by atoms with Gasteiger partial charge in [0.1, 0.15) is 0 Å². The van der Waals surface area contributed by atoms with Gasteiger partial charge in [0.25, 0.3) is 0 Å². The molecule has 17 heavy (non-hydrogen) atoms. The molecule has 2 N–H and O–H groups in total. The third-order valence-electron chi connectivity index (χ3n) is 4.24. The number of nitrogens with zero attached hydrogens (tertiary/aromatic N) is 1. The van der Waals surface area contributed by atoms with Gasteiger partial charge in [-0.05, 0) is 25.5 Å². The van der Waals surface area contributed by atoms with Gasteiger partial charge in [0.2, 0.25) is 0 Å². The highest BCUT2D eigenvalue weighted by molar-refractivity contribution is 8.00. The van der Waals surface area contributed by atoms with Gasteiger partial charge >= 0.3 is 0 Å². The molecule has 4 heteroatoms. The molecule has 0 spiro atoms. The summed E-state index contributed by atoms with van der Waals surface area (Å²) < 4.78 is 5.26. The fourth-order valence-corrected chi connectivity index (χ4v) is 4.31. The third-order valence-corrected chi connectivity index (χ3v) is 5.62. The van der Waals surface area contributed by atoms with E-state index in [4.69, 9.17) is 10.5 Å². The lowest BCUT2D eigenvalue weighted by Crippen LogP contribution is -2.61. The van der Waals surface area contributed by atoms with Crippen molar-refractivity contribution in [3.8, 4) is 0 Å². The van der Waals surface area contributed by atoms with E-state index < -0.39 is 0 Å². The number of methoxy groups -OCH3 is 1. The summed E-state index contributed by atoms with van der Waals surface area (Å²) in [6.07, 6.45) is 2.38. The van der Waals surface area contributed by atoms with E-state index in [-0.39, 0.29) is 5.54 Å². The van der Waals surface area contributed by atoms with Crippen molar-refractivity contribution < 1.29 is 4.74 Å². The highest BCUT2D eigenvalue weighted by atomic mass is 32.2. The monoisotopic (exact) mass is 260 g/mol. The molecule has 0 bridgehead atoms. The minimum Gasteiger partial charge on any atom is -0.383 e. The SMILES string of the molecule is CCC(C)N(CCOC)C1(CN)CCSC1C. The molecule has 102 valence electrons. The van der Waals surface area contributed by atoms with Crippen molar-refractivity contribution in [1.82, 2.24) is 4.90 Å². The summed E-state index contributed by atoms with van der Waals surface area (Å²) in [5.74, 6) is 1.23. The van der Waals surface area contributed by atoms with Crippen molar-refractivity contribution in [3.05, 3.63) is 0 Å². The van der Waals surface area contributed by atoms with Crippen molar-refractivity contribution in [1.29, 1.82) is 0 Å². The summed E-state index contributed by atoms with van der Waals surface area (Å²) in [4.78, 5) is 2.60. The predicted octanol–water partition coefficient (Wildman–Crippen LogP) is 1.96. The second-order valence-electron chi connectivity index (χ2n) is 5.01. The van der Waals surface area contributed by atoms with Gasteiger partial charge in [0.05, 0.1) is 6.61 Å². The molecule has 1 fully saturated rings. The van der Waals surface area contributed by atoms with E-state index in [0.29, 0.717) is 11.3 Å². The van der Waals surface area contributed by atoms with Crippen LogP contribution in [0.2, 0.25) is 0 Å². The van der Waals surface area contributed by atoms with Crippen LogP contribution >= 0.6 is 11.8 Å². The third kappa shape index (κ3) is 3.16. The standard InChI is InChI=1S/C13H28N2OS/c1-5-11(2)15(7-8-16-4)13(10-14)6-9-17-12(13)3/h11-12H,5-10,14H2,1-4H3. The molecule has 0 aromatic rings. The highest BCUT2D eigenvalue weighted by Crippen LogP contribution is 2.40. The number of thioether (sulfide) groups is 1. The lowest BCUT2D eigenvalue weighted by Gasteiger charge is -2.46. The molecular weight excluding hydrogens is 232 g/mol. The van der Waals surface area contributed by atoms with Crippen molar-refractivity contribution in [2.24, 2.45) is 5.73 Å². The number of rotatable bonds is 7. The molecule has 1 aliphatic rings. The predicted molar refractivity (Wildman–Crippen MR) is 76.7 cm³/mol. The lowest BCUT2D eigenvalue weighted by molar-refractivity contribution is 0.0297. The molecule has 1 heterocycles. The van der Waals surface area contributed by atoms with Crippen LogP contribution in [0.25, 0.3) is 0 Å². The van der Waals surface area contributed by atoms with Crippen LogP contribution in [0.1, 0.15) is 33.6 Å². The molecule has 3 atom stereocenters. The van der Waals surface area contributed by atoms with Gasteiger partial charge in [-0.3, -0.25) is 4.90 Å². The normalized spacial score (nSPS) is 31.1. The number of hydrogen-bond donors (Lipinski definition) is 1. The van der Waals surface area contributed by atoms with Crippen LogP contribution in [-0.2, 0) is 4.74 Å². The Kier molecular flexibility index (Phi) is 6.27. The molecule has 1 saturated heterocycles. The fraction of sp³-hybridized carbons (Fsp3) is 1.00. The van der Waals surface area contributed by atoms with Crippen LogP contribution in [0.15, 0.2) is 0 Å². The first-order valence-electron chi connectivity index (χ1n) is 6.69. The summed E-state index contributed by atoms with van der Waals surface area (Å²) in [6, 6.07) is 0.579. The van der Waals surface area contributed by atoms with Crippen LogP contribution in [0.4, 0.5) is 0 Å². The van der Waals surface area contributed by atoms with E-state index in [2.05, 4.69) is 37.4 Å². The Morgan fingerprint density at radius 3 is 2.71 bits per heavy atom. The van der Waals surface area contributed by atoms with Crippen molar-refractivity contribution in [2.75, 3.05) is 32.6 Å². The molecule has 0 amide bonds. The van der Waals surface area contributed by atoms with E-state index in [1.165, 1.54) is 18.6 Å². The van der Waals surface area contributed by atoms with Gasteiger partial charge in [0.15, 0.2) is 0 Å². The average Bonchev–Trinajstić information content (AvgIpc) is 2.72. The second-order valence-corrected chi connectivity index (χ2v) is 6.46. The van der Waals surface area contributed by atoms with E-state index in [1.807, 2.05) is 0 Å². The minimum absolute atomic E-state index is 0.179. The maximum absolute atomic E-state index is 6.13. The molecule has 3 nitrogen and oxygen atoms in total. The average molecular weight is 260 g/mol. The molecular formula is C13H28N2OS. The molecule has 0 aliphatic carbocycles. The molecule has 3 unspecified atom stereocenters. The van der Waals surface area contributed by atoms with Crippen molar-refractivity contribution in [3.63, 3.8) is 0 Å². The number of hydrogen-bond acceptors (Lipinski definition) is 4. The van der Waals surface area contributed by atoms with Crippen LogP contribution in [0.3, 0.4) is 0 Å². The zero-order valence-electron chi connectivity index (χ0n) is 11.7. The van der Waals surface area contributed by atoms with Crippen LogP contribution in [-0.4, -0.2) is 54.3 Å². The van der Waals surface area contributed by atoms with E-state index >= 15 is 0 Å². The summed E-state index contributed by atoms with van der Waals surface area (Å²) in [5, 5.41) is 0.623. The van der Waals surface area contributed by atoms with Gasteiger partial charge in [-0.25, -0.2) is 0 Å². The van der Waals surface area contributed by atoms with Gasteiger partial charge in [-0.1, -0.05) is 13.8 Å². The van der Waals surface area contributed by atoms with Gasteiger partial charge in [-0.15, -0.1) is 0 Å². The molecule has 0 saturated carbocycles. The van der Waals surface area contributed by atoms with E-state index in [0.717, 1.165) is 19.7 Å². The lowest BCUT2D eigenvalue weighted by atomic mass is 9.88. The molecule has 0 aromatic heterocycles. The minimum atomic E-state index is 0.179. The van der Waals surface area contributed by atoms with E-state index in [1.54, 1.807) is 7.11 Å². The maximum Gasteiger partial charge on any atom is 0.0590 e. The Bertz CT molecular complexity index is 227. The molecule has 1 rings (SSSR count). The van der Waals surface area contributed by atoms with Crippen LogP contribution < -0.4 is 5.73 Å². The molecule has 0 radical (unpaired) electrons. The number of ether oxygens (including phenoxy) is 1. The summed E-state index contributed by atoms with van der Waals surface area (Å²) in [6.45, 7) is 9.43. The topological polar surface area (TPSA) is 38.5 Å². The first-order chi connectivity index (χ1) is 8.12. The Morgan fingerprint density at radius 1 is 1.59 bits per heavy atom. The van der Waals surface area contributed by atoms with Crippen molar-refractivity contribution >= 4 is 11.8 Å². The Hall–Kier alpha value is 0.230. The molecule has 1 aliphatic heterocycles. The second kappa shape index (κ2) is 6.98. The first kappa shape index (κ1) is 15.3. The van der Waals surface area contributed by atoms with Gasteiger partial charge < -0.3 is 10.5 Å². The summed E-state index contributed by atoms with van der Waals surface area (Å²) in [7, 11) is 1.77. The van der Waals surface area contributed by atoms with Gasteiger partial charge in [-0.2, -0.15) is 11.8 Å². The van der Waals surface area contributed by atoms with Gasteiger partial charge in [0, 0.05) is 37.0 Å². The van der Waals surface area contributed by atoms with Crippen LogP contribution in [0, 0.1) is 0 Å². The first-order valence-corrected chi connectivity index (χ1v) is 7.74. The zero-order chi connectivity index (χ0) is 12.9. The Labute approximate surface area is 110 Å². The van der Waals surface area contributed by atoms with Crippen LogP contribution in [0.5, 0.6) is 0 Å². The number of nitrogens with two attached hydrogens (primary N) is 1. The largest absolute Gasteiger partial charge is 0.383 e. The highest BCUT2D eigenvalue weighted by Gasteiger charge is 2.45. The Balaban J connectivity index is 2.84. The van der Waals surface area contributed by atoms with Crippen molar-refractivity contribution in [2.45, 2.75) is 50.4 Å². The van der Waals surface area contributed by atoms with E-state index in [9.17, 15) is 0 Å². The Morgan fingerprint density at radius 2 is 2.29 bits per heavy atom. The summed E-state index contributed by atoms with van der Waals surface area (Å²) >= 11 is 2.06. The maximum atomic E-state index is 6.13.